The molecule has 0 radical (unpaired) electrons. The number of hydrogen-bond acceptors (Lipinski definition) is 2. The molecular formula is C11H16O3. The van der Waals surface area contributed by atoms with Crippen molar-refractivity contribution < 1.29 is 14.7 Å². The molecule has 0 saturated heterocycles. The molecule has 2 rings (SSSR count). The zero-order chi connectivity index (χ0) is 10.7. The summed E-state index contributed by atoms with van der Waals surface area (Å²) in [4.78, 5) is 23.0. The van der Waals surface area contributed by atoms with Crippen molar-refractivity contribution in [2.75, 3.05) is 0 Å². The van der Waals surface area contributed by atoms with Gasteiger partial charge in [-0.2, -0.15) is 0 Å². The molecule has 0 amide bonds. The molecule has 1 N–H and O–H groups in total. The number of fused-ring (bicyclic) bond motifs is 2. The van der Waals surface area contributed by atoms with Crippen LogP contribution in [0.15, 0.2) is 0 Å². The summed E-state index contributed by atoms with van der Waals surface area (Å²) in [6, 6.07) is 0. The van der Waals surface area contributed by atoms with Crippen LogP contribution in [0.3, 0.4) is 0 Å². The van der Waals surface area contributed by atoms with Gasteiger partial charge in [-0.15, -0.1) is 0 Å². The lowest BCUT2D eigenvalue weighted by atomic mass is 9.70. The summed E-state index contributed by atoms with van der Waals surface area (Å²) in [5.74, 6) is -1.69. The third-order valence-electron chi connectivity index (χ3n) is 4.80. The van der Waals surface area contributed by atoms with Crippen LogP contribution in [0.2, 0.25) is 0 Å². The first kappa shape index (κ1) is 9.69. The molecule has 3 atom stereocenters. The zero-order valence-electron chi connectivity index (χ0n) is 8.83. The second kappa shape index (κ2) is 2.38. The number of carbonyl (C=O) groups is 2. The van der Waals surface area contributed by atoms with Crippen LogP contribution in [0.4, 0.5) is 0 Å². The Kier molecular flexibility index (Phi) is 1.65. The molecule has 3 nitrogen and oxygen atoms in total. The van der Waals surface area contributed by atoms with Crippen LogP contribution in [0.1, 0.15) is 33.6 Å². The molecule has 2 fully saturated rings. The largest absolute Gasteiger partial charge is 0.481 e. The molecule has 2 aliphatic carbocycles. The Morgan fingerprint density at radius 3 is 2.29 bits per heavy atom. The molecule has 0 aromatic heterocycles. The molecule has 0 unspecified atom stereocenters. The van der Waals surface area contributed by atoms with Gasteiger partial charge in [0.25, 0.3) is 0 Å². The van der Waals surface area contributed by atoms with Crippen molar-refractivity contribution in [3.8, 4) is 0 Å². The van der Waals surface area contributed by atoms with Crippen molar-refractivity contribution in [1.82, 2.24) is 0 Å². The summed E-state index contributed by atoms with van der Waals surface area (Å²) in [6.45, 7) is 6.00. The van der Waals surface area contributed by atoms with E-state index in [1.165, 1.54) is 0 Å². The summed E-state index contributed by atoms with van der Waals surface area (Å²) in [5.41, 5.74) is -0.548. The number of ketones is 1. The number of hydrogen-bond donors (Lipinski definition) is 1. The first-order valence-corrected chi connectivity index (χ1v) is 5.09. The molecule has 14 heavy (non-hydrogen) atoms. The standard InChI is InChI=1S/C11H16O3/c1-10(2)6-4-5-11(10,3)8(12)7(6)9(13)14/h6-7H,4-5H2,1-3H3,(H,13,14)/t6-,7+,11-/m1/s1. The second-order valence-electron chi connectivity index (χ2n) is 5.38. The highest BCUT2D eigenvalue weighted by Crippen LogP contribution is 2.65. The maximum absolute atomic E-state index is 12.0. The third-order valence-corrected chi connectivity index (χ3v) is 4.80. The van der Waals surface area contributed by atoms with Crippen molar-refractivity contribution in [2.24, 2.45) is 22.7 Å². The average Bonchev–Trinajstić information content (AvgIpc) is 2.35. The fraction of sp³-hybridized carbons (Fsp3) is 0.818. The van der Waals surface area contributed by atoms with E-state index in [0.29, 0.717) is 0 Å². The van der Waals surface area contributed by atoms with Gasteiger partial charge in [-0.1, -0.05) is 20.8 Å². The van der Waals surface area contributed by atoms with E-state index in [2.05, 4.69) is 0 Å². The predicted octanol–water partition coefficient (Wildman–Crippen LogP) is 1.71. The molecule has 78 valence electrons. The molecule has 0 spiro atoms. The number of carbonyl (C=O) groups excluding carboxylic acids is 1. The first-order chi connectivity index (χ1) is 6.32. The van der Waals surface area contributed by atoms with E-state index in [-0.39, 0.29) is 17.1 Å². The monoisotopic (exact) mass is 196 g/mol. The maximum atomic E-state index is 12.0. The number of Topliss-reactive ketones (excluding diaryl/α,β-unsaturated/α-hetero) is 1. The minimum Gasteiger partial charge on any atom is -0.481 e. The summed E-state index contributed by atoms with van der Waals surface area (Å²) >= 11 is 0. The van der Waals surface area contributed by atoms with Crippen LogP contribution in [-0.2, 0) is 9.59 Å². The highest BCUT2D eigenvalue weighted by atomic mass is 16.4. The van der Waals surface area contributed by atoms with Crippen LogP contribution < -0.4 is 0 Å². The van der Waals surface area contributed by atoms with Crippen LogP contribution in [0.5, 0.6) is 0 Å². The molecule has 0 aromatic rings. The summed E-state index contributed by atoms with van der Waals surface area (Å²) in [7, 11) is 0. The van der Waals surface area contributed by atoms with E-state index in [1.54, 1.807) is 0 Å². The van der Waals surface area contributed by atoms with Crippen LogP contribution >= 0.6 is 0 Å². The van der Waals surface area contributed by atoms with Gasteiger partial charge in [-0.05, 0) is 24.2 Å². The topological polar surface area (TPSA) is 54.4 Å². The van der Waals surface area contributed by atoms with Gasteiger partial charge in [-0.25, -0.2) is 0 Å². The average molecular weight is 196 g/mol. The van der Waals surface area contributed by atoms with Gasteiger partial charge in [0.1, 0.15) is 5.92 Å². The fourth-order valence-corrected chi connectivity index (χ4v) is 3.37. The Bertz CT molecular complexity index is 318. The van der Waals surface area contributed by atoms with Crippen molar-refractivity contribution in [1.29, 1.82) is 0 Å². The highest BCUT2D eigenvalue weighted by molar-refractivity contribution is 6.04. The lowest BCUT2D eigenvalue weighted by Gasteiger charge is -2.32. The minimum absolute atomic E-state index is 0.0394. The number of carboxylic acid groups (broad SMARTS) is 1. The maximum Gasteiger partial charge on any atom is 0.314 e. The Morgan fingerprint density at radius 1 is 1.43 bits per heavy atom. The van der Waals surface area contributed by atoms with Crippen LogP contribution in [-0.4, -0.2) is 16.9 Å². The molecule has 0 aliphatic heterocycles. The molecule has 0 heterocycles. The molecule has 0 aromatic carbocycles. The Balaban J connectivity index is 2.49. The van der Waals surface area contributed by atoms with Gasteiger partial charge in [0.05, 0.1) is 0 Å². The van der Waals surface area contributed by atoms with Crippen molar-refractivity contribution in [3.63, 3.8) is 0 Å². The van der Waals surface area contributed by atoms with E-state index in [0.717, 1.165) is 12.8 Å². The van der Waals surface area contributed by atoms with Gasteiger partial charge >= 0.3 is 5.97 Å². The van der Waals surface area contributed by atoms with E-state index in [4.69, 9.17) is 5.11 Å². The lowest BCUT2D eigenvalue weighted by Crippen LogP contribution is -2.35. The van der Waals surface area contributed by atoms with E-state index in [9.17, 15) is 9.59 Å². The summed E-state index contributed by atoms with van der Waals surface area (Å²) in [5, 5.41) is 9.03. The van der Waals surface area contributed by atoms with E-state index >= 15 is 0 Å². The predicted molar refractivity (Wildman–Crippen MR) is 50.7 cm³/mol. The van der Waals surface area contributed by atoms with Gasteiger partial charge in [-0.3, -0.25) is 9.59 Å². The van der Waals surface area contributed by atoms with Gasteiger partial charge in [0.15, 0.2) is 5.78 Å². The van der Waals surface area contributed by atoms with Crippen LogP contribution in [0, 0.1) is 22.7 Å². The summed E-state index contributed by atoms with van der Waals surface area (Å²) in [6.07, 6.45) is 1.74. The van der Waals surface area contributed by atoms with Crippen molar-refractivity contribution in [2.45, 2.75) is 33.6 Å². The fourth-order valence-electron chi connectivity index (χ4n) is 3.37. The lowest BCUT2D eigenvalue weighted by molar-refractivity contribution is -0.149. The molecule has 2 aliphatic rings. The normalized spacial score (nSPS) is 44.4. The number of aliphatic carboxylic acids is 1. The Morgan fingerprint density at radius 2 is 2.00 bits per heavy atom. The molecular weight excluding hydrogens is 180 g/mol. The number of rotatable bonds is 1. The Hall–Kier alpha value is -0.860. The molecule has 2 saturated carbocycles. The summed E-state index contributed by atoms with van der Waals surface area (Å²) < 4.78 is 0. The highest BCUT2D eigenvalue weighted by Gasteiger charge is 2.68. The first-order valence-electron chi connectivity index (χ1n) is 5.09. The van der Waals surface area contributed by atoms with E-state index in [1.807, 2.05) is 20.8 Å². The molecule has 3 heteroatoms. The second-order valence-corrected chi connectivity index (χ2v) is 5.38. The SMILES string of the molecule is CC1(C)[C@@H]2CC[C@]1(C)C(=O)[C@H]2C(=O)O. The van der Waals surface area contributed by atoms with Crippen LogP contribution in [0.25, 0.3) is 0 Å². The van der Waals surface area contributed by atoms with Gasteiger partial charge < -0.3 is 5.11 Å². The molecule has 2 bridgehead atoms. The minimum atomic E-state index is -0.934. The Labute approximate surface area is 83.5 Å². The van der Waals surface area contributed by atoms with Crippen molar-refractivity contribution >= 4 is 11.8 Å². The van der Waals surface area contributed by atoms with Crippen molar-refractivity contribution in [3.05, 3.63) is 0 Å². The number of carboxylic acids is 1. The van der Waals surface area contributed by atoms with E-state index < -0.39 is 17.3 Å². The zero-order valence-corrected chi connectivity index (χ0v) is 8.83. The van der Waals surface area contributed by atoms with Gasteiger partial charge in [0, 0.05) is 5.41 Å². The quantitative estimate of drug-likeness (QED) is 0.649. The third kappa shape index (κ3) is 0.787. The van der Waals surface area contributed by atoms with Gasteiger partial charge in [0.2, 0.25) is 0 Å². The smallest absolute Gasteiger partial charge is 0.314 e.